The molecular formula is C18H15N5S. The van der Waals surface area contributed by atoms with E-state index in [-0.39, 0.29) is 0 Å². The van der Waals surface area contributed by atoms with Crippen molar-refractivity contribution in [2.75, 3.05) is 11.6 Å². The Kier molecular flexibility index (Phi) is 3.88. The number of benzene rings is 1. The van der Waals surface area contributed by atoms with Gasteiger partial charge in [-0.15, -0.1) is 11.8 Å². The fraction of sp³-hybridized carbons (Fsp3) is 0.0556. The van der Waals surface area contributed by atoms with Crippen LogP contribution in [0.3, 0.4) is 0 Å². The fourth-order valence-electron chi connectivity index (χ4n) is 2.51. The van der Waals surface area contributed by atoms with Gasteiger partial charge in [-0.3, -0.25) is 4.40 Å². The van der Waals surface area contributed by atoms with Crippen LogP contribution in [0.15, 0.2) is 72.0 Å². The lowest BCUT2D eigenvalue weighted by molar-refractivity contribution is 1.13. The highest BCUT2D eigenvalue weighted by Gasteiger charge is 2.08. The quantitative estimate of drug-likeness (QED) is 0.566. The zero-order valence-electron chi connectivity index (χ0n) is 13.0. The average molecular weight is 333 g/mol. The number of pyridine rings is 1. The summed E-state index contributed by atoms with van der Waals surface area (Å²) in [4.78, 5) is 14.6. The lowest BCUT2D eigenvalue weighted by Crippen LogP contribution is -1.99. The predicted octanol–water partition coefficient (Wildman–Crippen LogP) is 4.26. The molecule has 0 saturated heterocycles. The van der Waals surface area contributed by atoms with Crippen LogP contribution < -0.4 is 5.32 Å². The van der Waals surface area contributed by atoms with Gasteiger partial charge in [0.25, 0.3) is 0 Å². The molecule has 3 aromatic heterocycles. The minimum Gasteiger partial charge on any atom is -0.324 e. The van der Waals surface area contributed by atoms with Gasteiger partial charge in [0.15, 0.2) is 0 Å². The van der Waals surface area contributed by atoms with Crippen molar-refractivity contribution >= 4 is 29.0 Å². The van der Waals surface area contributed by atoms with Gasteiger partial charge in [-0.1, -0.05) is 12.1 Å². The number of aromatic nitrogens is 4. The third kappa shape index (κ3) is 2.83. The van der Waals surface area contributed by atoms with Crippen LogP contribution in [0.5, 0.6) is 0 Å². The van der Waals surface area contributed by atoms with Crippen LogP contribution in [0.1, 0.15) is 0 Å². The largest absolute Gasteiger partial charge is 0.324 e. The Hall–Kier alpha value is -2.86. The maximum atomic E-state index is 4.63. The molecule has 0 fully saturated rings. The summed E-state index contributed by atoms with van der Waals surface area (Å²) in [7, 11) is 0. The summed E-state index contributed by atoms with van der Waals surface area (Å²) >= 11 is 1.70. The first-order valence-electron chi connectivity index (χ1n) is 7.50. The standard InChI is InChI=1S/C18H15N5S/c1-24-14-6-4-5-13(11-14)21-18-19-9-8-15(22-18)16-12-20-17-7-2-3-10-23(16)17/h2-12H,1H3,(H,19,21,22). The molecule has 118 valence electrons. The Morgan fingerprint density at radius 2 is 2.00 bits per heavy atom. The molecule has 1 N–H and O–H groups in total. The maximum Gasteiger partial charge on any atom is 0.227 e. The maximum absolute atomic E-state index is 4.63. The second-order valence-corrected chi connectivity index (χ2v) is 6.07. The van der Waals surface area contributed by atoms with Gasteiger partial charge in [0.2, 0.25) is 5.95 Å². The Bertz CT molecular complexity index is 995. The van der Waals surface area contributed by atoms with Crippen molar-refractivity contribution in [2.24, 2.45) is 0 Å². The predicted molar refractivity (Wildman–Crippen MR) is 97.7 cm³/mol. The van der Waals surface area contributed by atoms with Crippen molar-refractivity contribution in [3.63, 3.8) is 0 Å². The van der Waals surface area contributed by atoms with Gasteiger partial charge in [-0.2, -0.15) is 0 Å². The van der Waals surface area contributed by atoms with Gasteiger partial charge >= 0.3 is 0 Å². The third-order valence-corrected chi connectivity index (χ3v) is 4.39. The molecule has 0 atom stereocenters. The van der Waals surface area contributed by atoms with Crippen LogP contribution in [0, 0.1) is 0 Å². The molecule has 0 aliphatic rings. The number of fused-ring (bicyclic) bond motifs is 1. The summed E-state index contributed by atoms with van der Waals surface area (Å²) < 4.78 is 2.01. The molecule has 0 aliphatic carbocycles. The van der Waals surface area contributed by atoms with E-state index in [1.807, 2.05) is 53.2 Å². The van der Waals surface area contributed by atoms with E-state index in [4.69, 9.17) is 0 Å². The summed E-state index contributed by atoms with van der Waals surface area (Å²) in [5.41, 5.74) is 3.63. The number of nitrogens with zero attached hydrogens (tertiary/aromatic N) is 4. The van der Waals surface area contributed by atoms with E-state index in [1.54, 1.807) is 18.0 Å². The first-order valence-corrected chi connectivity index (χ1v) is 8.72. The van der Waals surface area contributed by atoms with Gasteiger partial charge in [0, 0.05) is 23.0 Å². The van der Waals surface area contributed by atoms with Gasteiger partial charge < -0.3 is 5.32 Å². The van der Waals surface area contributed by atoms with Crippen molar-refractivity contribution in [2.45, 2.75) is 4.90 Å². The molecule has 0 saturated carbocycles. The van der Waals surface area contributed by atoms with Crippen LogP contribution in [0.4, 0.5) is 11.6 Å². The van der Waals surface area contributed by atoms with Gasteiger partial charge in [-0.05, 0) is 42.7 Å². The van der Waals surface area contributed by atoms with E-state index in [0.717, 1.165) is 22.7 Å². The minimum atomic E-state index is 0.566. The molecule has 0 amide bonds. The van der Waals surface area contributed by atoms with Gasteiger partial charge in [0.05, 0.1) is 17.6 Å². The average Bonchev–Trinajstić information content (AvgIpc) is 3.06. The Morgan fingerprint density at radius 1 is 1.04 bits per heavy atom. The number of nitrogens with one attached hydrogen (secondary N) is 1. The number of imidazole rings is 1. The Balaban J connectivity index is 1.68. The van der Waals surface area contributed by atoms with Gasteiger partial charge in [-0.25, -0.2) is 15.0 Å². The van der Waals surface area contributed by atoms with Crippen LogP contribution >= 0.6 is 11.8 Å². The summed E-state index contributed by atoms with van der Waals surface area (Å²) in [6.45, 7) is 0. The molecule has 0 bridgehead atoms. The summed E-state index contributed by atoms with van der Waals surface area (Å²) in [5, 5.41) is 3.26. The Labute approximate surface area is 143 Å². The highest BCUT2D eigenvalue weighted by molar-refractivity contribution is 7.98. The second kappa shape index (κ2) is 6.33. The summed E-state index contributed by atoms with van der Waals surface area (Å²) in [6.07, 6.45) is 7.62. The van der Waals surface area contributed by atoms with Crippen molar-refractivity contribution in [3.8, 4) is 11.4 Å². The van der Waals surface area contributed by atoms with E-state index in [1.165, 1.54) is 4.90 Å². The molecular weight excluding hydrogens is 318 g/mol. The van der Waals surface area contributed by atoms with E-state index in [0.29, 0.717) is 5.95 Å². The molecule has 4 aromatic rings. The fourth-order valence-corrected chi connectivity index (χ4v) is 2.97. The van der Waals surface area contributed by atoms with Crippen LogP contribution in [0.2, 0.25) is 0 Å². The first kappa shape index (κ1) is 14.7. The zero-order chi connectivity index (χ0) is 16.4. The number of thioether (sulfide) groups is 1. The molecule has 0 unspecified atom stereocenters. The topological polar surface area (TPSA) is 55.1 Å². The van der Waals surface area contributed by atoms with Crippen LogP contribution in [-0.2, 0) is 0 Å². The lowest BCUT2D eigenvalue weighted by Gasteiger charge is -2.07. The normalized spacial score (nSPS) is 10.9. The van der Waals surface area contributed by atoms with Gasteiger partial charge in [0.1, 0.15) is 5.65 Å². The van der Waals surface area contributed by atoms with E-state index in [9.17, 15) is 0 Å². The molecule has 4 rings (SSSR count). The molecule has 0 spiro atoms. The van der Waals surface area contributed by atoms with E-state index < -0.39 is 0 Å². The molecule has 0 radical (unpaired) electrons. The highest BCUT2D eigenvalue weighted by Crippen LogP contribution is 2.23. The molecule has 6 heteroatoms. The minimum absolute atomic E-state index is 0.566. The number of rotatable bonds is 4. The van der Waals surface area contributed by atoms with Crippen molar-refractivity contribution < 1.29 is 0 Å². The first-order chi connectivity index (χ1) is 11.8. The highest BCUT2D eigenvalue weighted by atomic mass is 32.2. The lowest BCUT2D eigenvalue weighted by atomic mass is 10.3. The molecule has 1 aromatic carbocycles. The van der Waals surface area contributed by atoms with E-state index in [2.05, 4.69) is 38.7 Å². The zero-order valence-corrected chi connectivity index (χ0v) is 13.9. The molecule has 5 nitrogen and oxygen atoms in total. The van der Waals surface area contributed by atoms with E-state index >= 15 is 0 Å². The second-order valence-electron chi connectivity index (χ2n) is 5.19. The molecule has 0 aliphatic heterocycles. The smallest absolute Gasteiger partial charge is 0.227 e. The molecule has 3 heterocycles. The van der Waals surface area contributed by atoms with Crippen LogP contribution in [0.25, 0.3) is 17.0 Å². The van der Waals surface area contributed by atoms with Crippen molar-refractivity contribution in [1.29, 1.82) is 0 Å². The monoisotopic (exact) mass is 333 g/mol. The summed E-state index contributed by atoms with van der Waals surface area (Å²) in [5.74, 6) is 0.566. The summed E-state index contributed by atoms with van der Waals surface area (Å²) in [6, 6.07) is 16.0. The van der Waals surface area contributed by atoms with Crippen molar-refractivity contribution in [3.05, 3.63) is 67.1 Å². The number of hydrogen-bond acceptors (Lipinski definition) is 5. The van der Waals surface area contributed by atoms with Crippen LogP contribution in [-0.4, -0.2) is 25.6 Å². The SMILES string of the molecule is CSc1cccc(Nc2nccc(-c3cnc4ccccn34)n2)c1. The number of anilines is 2. The molecule has 24 heavy (non-hydrogen) atoms. The Morgan fingerprint density at radius 3 is 2.92 bits per heavy atom. The third-order valence-electron chi connectivity index (χ3n) is 3.66. The number of hydrogen-bond donors (Lipinski definition) is 1. The van der Waals surface area contributed by atoms with Crippen molar-refractivity contribution in [1.82, 2.24) is 19.4 Å².